The first-order chi connectivity index (χ1) is 8.02. The Bertz CT molecular complexity index is 486. The van der Waals surface area contributed by atoms with Gasteiger partial charge in [0.25, 0.3) is 0 Å². The highest BCUT2D eigenvalue weighted by molar-refractivity contribution is 7.91. The van der Waals surface area contributed by atoms with E-state index in [1.54, 1.807) is 0 Å². The summed E-state index contributed by atoms with van der Waals surface area (Å²) in [5.74, 6) is 1.06. The lowest BCUT2D eigenvalue weighted by molar-refractivity contribution is 0.565. The summed E-state index contributed by atoms with van der Waals surface area (Å²) in [6, 6.07) is 3.59. The van der Waals surface area contributed by atoms with Crippen LogP contribution in [0.5, 0.6) is 0 Å². The standard InChI is InChI=1S/C10H16N4O2S/c1-8-7-17(15,16)5-4-14(8)10-3-2-9(6-11)12-13-10/h2-3,8H,4-7,11H2,1H3. The van der Waals surface area contributed by atoms with E-state index >= 15 is 0 Å². The van der Waals surface area contributed by atoms with Crippen molar-refractivity contribution < 1.29 is 8.42 Å². The summed E-state index contributed by atoms with van der Waals surface area (Å²) >= 11 is 0. The number of aromatic nitrogens is 2. The zero-order valence-electron chi connectivity index (χ0n) is 9.70. The van der Waals surface area contributed by atoms with Crippen molar-refractivity contribution in [2.45, 2.75) is 19.5 Å². The Hall–Kier alpha value is -1.21. The minimum atomic E-state index is -2.90. The molecule has 2 heterocycles. The second-order valence-electron chi connectivity index (χ2n) is 4.24. The summed E-state index contributed by atoms with van der Waals surface area (Å²) in [6.07, 6.45) is 0. The normalized spacial score (nSPS) is 23.6. The first-order valence-corrected chi connectivity index (χ1v) is 7.34. The molecular weight excluding hydrogens is 240 g/mol. The quantitative estimate of drug-likeness (QED) is 0.771. The molecule has 0 spiro atoms. The Morgan fingerprint density at radius 2 is 2.24 bits per heavy atom. The van der Waals surface area contributed by atoms with Crippen LogP contribution < -0.4 is 10.6 Å². The van der Waals surface area contributed by atoms with Crippen LogP contribution in [0.15, 0.2) is 12.1 Å². The molecule has 1 aliphatic heterocycles. The molecular formula is C10H16N4O2S. The number of sulfone groups is 1. The summed E-state index contributed by atoms with van der Waals surface area (Å²) < 4.78 is 22.9. The van der Waals surface area contributed by atoms with Crippen molar-refractivity contribution in [3.8, 4) is 0 Å². The monoisotopic (exact) mass is 256 g/mol. The van der Waals surface area contributed by atoms with Crippen LogP contribution >= 0.6 is 0 Å². The third-order valence-corrected chi connectivity index (χ3v) is 4.67. The third kappa shape index (κ3) is 2.73. The lowest BCUT2D eigenvalue weighted by atomic mass is 10.3. The van der Waals surface area contributed by atoms with Gasteiger partial charge in [0, 0.05) is 19.1 Å². The maximum Gasteiger partial charge on any atom is 0.154 e. The van der Waals surface area contributed by atoms with Crippen LogP contribution in [-0.4, -0.2) is 42.7 Å². The van der Waals surface area contributed by atoms with Crippen molar-refractivity contribution in [1.82, 2.24) is 10.2 Å². The molecule has 1 aliphatic rings. The highest BCUT2D eigenvalue weighted by Crippen LogP contribution is 2.18. The Labute approximate surface area is 101 Å². The van der Waals surface area contributed by atoms with Crippen LogP contribution in [0, 0.1) is 0 Å². The van der Waals surface area contributed by atoms with E-state index in [4.69, 9.17) is 5.73 Å². The molecule has 1 aromatic rings. The zero-order valence-corrected chi connectivity index (χ0v) is 10.5. The topological polar surface area (TPSA) is 89.2 Å². The van der Waals surface area contributed by atoms with E-state index in [2.05, 4.69) is 10.2 Å². The molecule has 0 aromatic carbocycles. The predicted molar refractivity (Wildman–Crippen MR) is 65.4 cm³/mol. The number of rotatable bonds is 2. The summed E-state index contributed by atoms with van der Waals surface area (Å²) in [6.45, 7) is 2.71. The van der Waals surface area contributed by atoms with E-state index in [9.17, 15) is 8.42 Å². The molecule has 94 valence electrons. The summed E-state index contributed by atoms with van der Waals surface area (Å²) in [7, 11) is -2.90. The molecule has 0 saturated carbocycles. The zero-order chi connectivity index (χ0) is 12.5. The minimum Gasteiger partial charge on any atom is -0.350 e. The summed E-state index contributed by atoms with van der Waals surface area (Å²) in [4.78, 5) is 1.97. The van der Waals surface area contributed by atoms with Gasteiger partial charge in [0.2, 0.25) is 0 Å². The van der Waals surface area contributed by atoms with Crippen molar-refractivity contribution >= 4 is 15.7 Å². The second kappa shape index (κ2) is 4.58. The fourth-order valence-electron chi connectivity index (χ4n) is 1.95. The van der Waals surface area contributed by atoms with Crippen molar-refractivity contribution in [2.24, 2.45) is 5.73 Å². The van der Waals surface area contributed by atoms with Crippen LogP contribution in [0.1, 0.15) is 12.6 Å². The fraction of sp³-hybridized carbons (Fsp3) is 0.600. The van der Waals surface area contributed by atoms with Gasteiger partial charge in [-0.1, -0.05) is 0 Å². The van der Waals surface area contributed by atoms with E-state index in [-0.39, 0.29) is 17.5 Å². The number of hydrogen-bond donors (Lipinski definition) is 1. The van der Waals surface area contributed by atoms with Crippen LogP contribution in [0.4, 0.5) is 5.82 Å². The van der Waals surface area contributed by atoms with E-state index in [1.807, 2.05) is 24.0 Å². The van der Waals surface area contributed by atoms with Crippen molar-refractivity contribution in [1.29, 1.82) is 0 Å². The van der Waals surface area contributed by atoms with Crippen LogP contribution in [0.2, 0.25) is 0 Å². The molecule has 2 N–H and O–H groups in total. The lowest BCUT2D eigenvalue weighted by Gasteiger charge is -2.33. The van der Waals surface area contributed by atoms with Gasteiger partial charge in [0.05, 0.1) is 17.2 Å². The van der Waals surface area contributed by atoms with E-state index in [0.29, 0.717) is 18.9 Å². The number of anilines is 1. The van der Waals surface area contributed by atoms with Gasteiger partial charge in [0.1, 0.15) is 0 Å². The SMILES string of the molecule is CC1CS(=O)(=O)CCN1c1ccc(CN)nn1. The molecule has 0 radical (unpaired) electrons. The lowest BCUT2D eigenvalue weighted by Crippen LogP contribution is -2.47. The summed E-state index contributed by atoms with van der Waals surface area (Å²) in [5.41, 5.74) is 6.17. The van der Waals surface area contributed by atoms with Gasteiger partial charge in [-0.05, 0) is 19.1 Å². The van der Waals surface area contributed by atoms with Gasteiger partial charge >= 0.3 is 0 Å². The Morgan fingerprint density at radius 1 is 1.47 bits per heavy atom. The second-order valence-corrected chi connectivity index (χ2v) is 6.47. The maximum atomic E-state index is 11.5. The van der Waals surface area contributed by atoms with Gasteiger partial charge in [0.15, 0.2) is 15.7 Å². The third-order valence-electron chi connectivity index (χ3n) is 2.88. The average Bonchev–Trinajstić information content (AvgIpc) is 2.28. The van der Waals surface area contributed by atoms with E-state index < -0.39 is 9.84 Å². The van der Waals surface area contributed by atoms with Crippen LogP contribution in [-0.2, 0) is 16.4 Å². The van der Waals surface area contributed by atoms with Crippen molar-refractivity contribution in [3.63, 3.8) is 0 Å². The first kappa shape index (κ1) is 12.3. The molecule has 1 unspecified atom stereocenters. The van der Waals surface area contributed by atoms with Crippen LogP contribution in [0.25, 0.3) is 0 Å². The number of nitrogens with zero attached hydrogens (tertiary/aromatic N) is 3. The first-order valence-electron chi connectivity index (χ1n) is 5.51. The highest BCUT2D eigenvalue weighted by Gasteiger charge is 2.28. The van der Waals surface area contributed by atoms with Gasteiger partial charge in [-0.2, -0.15) is 5.10 Å². The van der Waals surface area contributed by atoms with E-state index in [1.165, 1.54) is 0 Å². The van der Waals surface area contributed by atoms with Crippen molar-refractivity contribution in [3.05, 3.63) is 17.8 Å². The molecule has 7 heteroatoms. The fourth-order valence-corrected chi connectivity index (χ4v) is 3.51. The molecule has 1 atom stereocenters. The predicted octanol–water partition coefficient (Wildman–Crippen LogP) is -0.441. The molecule has 17 heavy (non-hydrogen) atoms. The molecule has 2 rings (SSSR count). The Morgan fingerprint density at radius 3 is 2.76 bits per heavy atom. The molecule has 1 aromatic heterocycles. The Kier molecular flexibility index (Phi) is 3.30. The van der Waals surface area contributed by atoms with Gasteiger partial charge in [-0.3, -0.25) is 0 Å². The average molecular weight is 256 g/mol. The molecule has 1 saturated heterocycles. The van der Waals surface area contributed by atoms with E-state index in [0.717, 1.165) is 5.69 Å². The van der Waals surface area contributed by atoms with Gasteiger partial charge < -0.3 is 10.6 Å². The highest BCUT2D eigenvalue weighted by atomic mass is 32.2. The number of nitrogens with two attached hydrogens (primary N) is 1. The molecule has 0 aliphatic carbocycles. The van der Waals surface area contributed by atoms with Crippen molar-refractivity contribution in [2.75, 3.05) is 23.0 Å². The number of hydrogen-bond acceptors (Lipinski definition) is 6. The Balaban J connectivity index is 2.17. The van der Waals surface area contributed by atoms with Gasteiger partial charge in [-0.15, -0.1) is 5.10 Å². The molecule has 6 nitrogen and oxygen atoms in total. The molecule has 0 amide bonds. The molecule has 0 bridgehead atoms. The molecule has 1 fully saturated rings. The largest absolute Gasteiger partial charge is 0.350 e. The van der Waals surface area contributed by atoms with Gasteiger partial charge in [-0.25, -0.2) is 8.42 Å². The smallest absolute Gasteiger partial charge is 0.154 e. The minimum absolute atomic E-state index is 0.0632. The summed E-state index contributed by atoms with van der Waals surface area (Å²) in [5, 5.41) is 8.05. The maximum absolute atomic E-state index is 11.5. The van der Waals surface area contributed by atoms with Crippen LogP contribution in [0.3, 0.4) is 0 Å².